The molecule has 0 atom stereocenters. The number of nitrogens with zero attached hydrogens (tertiary/aromatic N) is 1. The van der Waals surface area contributed by atoms with Crippen LogP contribution in [0.5, 0.6) is 0 Å². The molecule has 172 valence electrons. The van der Waals surface area contributed by atoms with Crippen molar-refractivity contribution in [1.82, 2.24) is 10.5 Å². The number of anilines is 1. The maximum absolute atomic E-state index is 13.1. The van der Waals surface area contributed by atoms with Gasteiger partial charge in [-0.15, -0.1) is 11.3 Å². The number of carbonyl (C=O) groups excluding carboxylic acids is 2. The first-order valence-corrected chi connectivity index (χ1v) is 12.3. The standard InChI is InChI=1S/C26H22ClN3O3S/c27-18-11-9-17(10-12-18)21-15-20(30-33-21)24(31)29-26-23(19-7-4-8-22(19)34-26)25(32)28-14-13-16-5-2-1-3-6-16/h1-3,5-6,9-12,15H,4,7-8,13-14H2,(H,28,32)(H,29,31). The average Bonchev–Trinajstić information content (AvgIpc) is 3.57. The Bertz CT molecular complexity index is 1330. The van der Waals surface area contributed by atoms with E-state index in [-0.39, 0.29) is 11.6 Å². The second-order valence-electron chi connectivity index (χ2n) is 8.09. The predicted molar refractivity (Wildman–Crippen MR) is 134 cm³/mol. The summed E-state index contributed by atoms with van der Waals surface area (Å²) in [5.74, 6) is -0.107. The number of amides is 2. The Kier molecular flexibility index (Phi) is 6.47. The fourth-order valence-corrected chi connectivity index (χ4v) is 5.49. The molecule has 2 aromatic heterocycles. The molecule has 5 rings (SSSR count). The van der Waals surface area contributed by atoms with Crippen LogP contribution in [0.15, 0.2) is 65.2 Å². The van der Waals surface area contributed by atoms with Crippen molar-refractivity contribution in [3.8, 4) is 11.3 Å². The molecule has 4 aromatic rings. The van der Waals surface area contributed by atoms with Gasteiger partial charge >= 0.3 is 0 Å². The molecule has 0 spiro atoms. The van der Waals surface area contributed by atoms with Gasteiger partial charge in [0.1, 0.15) is 5.00 Å². The topological polar surface area (TPSA) is 84.2 Å². The van der Waals surface area contributed by atoms with Crippen LogP contribution in [-0.2, 0) is 19.3 Å². The summed E-state index contributed by atoms with van der Waals surface area (Å²) in [6.07, 6.45) is 3.53. The Hall–Kier alpha value is -3.42. The van der Waals surface area contributed by atoms with Gasteiger partial charge in [-0.25, -0.2) is 0 Å². The summed E-state index contributed by atoms with van der Waals surface area (Å²) < 4.78 is 5.35. The molecule has 1 aliphatic rings. The van der Waals surface area contributed by atoms with E-state index in [1.165, 1.54) is 11.3 Å². The van der Waals surface area contributed by atoms with Gasteiger partial charge in [-0.3, -0.25) is 9.59 Å². The van der Waals surface area contributed by atoms with E-state index in [4.69, 9.17) is 16.1 Å². The highest BCUT2D eigenvalue weighted by atomic mass is 35.5. The summed E-state index contributed by atoms with van der Waals surface area (Å²) in [6, 6.07) is 18.7. The zero-order valence-electron chi connectivity index (χ0n) is 18.3. The van der Waals surface area contributed by atoms with Gasteiger partial charge in [0.15, 0.2) is 11.5 Å². The number of nitrogens with one attached hydrogen (secondary N) is 2. The van der Waals surface area contributed by atoms with Crippen LogP contribution in [-0.4, -0.2) is 23.5 Å². The lowest BCUT2D eigenvalue weighted by Gasteiger charge is -2.09. The maximum atomic E-state index is 13.1. The molecule has 0 fully saturated rings. The molecular weight excluding hydrogens is 470 g/mol. The zero-order chi connectivity index (χ0) is 23.5. The number of fused-ring (bicyclic) bond motifs is 1. The number of hydrogen-bond donors (Lipinski definition) is 2. The van der Waals surface area contributed by atoms with Crippen molar-refractivity contribution in [2.24, 2.45) is 0 Å². The molecule has 0 bridgehead atoms. The minimum Gasteiger partial charge on any atom is -0.355 e. The summed E-state index contributed by atoms with van der Waals surface area (Å²) in [5, 5.41) is 11.0. The minimum atomic E-state index is -0.415. The summed E-state index contributed by atoms with van der Waals surface area (Å²) in [4.78, 5) is 27.2. The Morgan fingerprint density at radius 1 is 1.03 bits per heavy atom. The van der Waals surface area contributed by atoms with Crippen molar-refractivity contribution in [1.29, 1.82) is 0 Å². The molecule has 0 saturated heterocycles. The largest absolute Gasteiger partial charge is 0.355 e. The first-order valence-electron chi connectivity index (χ1n) is 11.1. The highest BCUT2D eigenvalue weighted by Gasteiger charge is 2.28. The number of halogens is 1. The van der Waals surface area contributed by atoms with Crippen LogP contribution in [0.4, 0.5) is 5.00 Å². The fraction of sp³-hybridized carbons (Fsp3) is 0.192. The van der Waals surface area contributed by atoms with Crippen molar-refractivity contribution >= 4 is 39.8 Å². The molecule has 2 amide bonds. The second kappa shape index (κ2) is 9.83. The van der Waals surface area contributed by atoms with Gasteiger partial charge in [-0.05, 0) is 61.1 Å². The molecule has 2 aromatic carbocycles. The highest BCUT2D eigenvalue weighted by Crippen LogP contribution is 2.39. The van der Waals surface area contributed by atoms with Gasteiger partial charge in [0.05, 0.1) is 5.56 Å². The third-order valence-electron chi connectivity index (χ3n) is 5.79. The number of aryl methyl sites for hydroxylation is 1. The molecule has 34 heavy (non-hydrogen) atoms. The van der Waals surface area contributed by atoms with Gasteiger partial charge in [0.25, 0.3) is 11.8 Å². The van der Waals surface area contributed by atoms with Crippen molar-refractivity contribution < 1.29 is 14.1 Å². The van der Waals surface area contributed by atoms with Crippen LogP contribution in [0.1, 0.15) is 43.3 Å². The van der Waals surface area contributed by atoms with Crippen LogP contribution in [0.3, 0.4) is 0 Å². The third kappa shape index (κ3) is 4.76. The van der Waals surface area contributed by atoms with E-state index in [0.29, 0.717) is 27.9 Å². The van der Waals surface area contributed by atoms with E-state index in [9.17, 15) is 9.59 Å². The average molecular weight is 492 g/mol. The molecule has 8 heteroatoms. The second-order valence-corrected chi connectivity index (χ2v) is 9.63. The van der Waals surface area contributed by atoms with E-state index in [1.807, 2.05) is 30.3 Å². The molecule has 0 radical (unpaired) electrons. The van der Waals surface area contributed by atoms with Crippen molar-refractivity contribution in [3.05, 3.63) is 92.9 Å². The summed E-state index contributed by atoms with van der Waals surface area (Å²) in [5.41, 5.74) is 3.69. The Balaban J connectivity index is 1.31. The van der Waals surface area contributed by atoms with Gasteiger partial charge in [0, 0.05) is 28.1 Å². The Labute approximate surface area is 205 Å². The van der Waals surface area contributed by atoms with Gasteiger partial charge < -0.3 is 15.2 Å². The summed E-state index contributed by atoms with van der Waals surface area (Å²) in [7, 11) is 0. The molecule has 2 N–H and O–H groups in total. The molecule has 1 aliphatic carbocycles. The van der Waals surface area contributed by atoms with Crippen molar-refractivity contribution in [2.45, 2.75) is 25.7 Å². The molecule has 6 nitrogen and oxygen atoms in total. The van der Waals surface area contributed by atoms with Crippen LogP contribution in [0.25, 0.3) is 11.3 Å². The maximum Gasteiger partial charge on any atom is 0.278 e. The Morgan fingerprint density at radius 3 is 2.62 bits per heavy atom. The minimum absolute atomic E-state index is 0.147. The van der Waals surface area contributed by atoms with Gasteiger partial charge in [-0.2, -0.15) is 0 Å². The third-order valence-corrected chi connectivity index (χ3v) is 7.25. The molecule has 2 heterocycles. The molecule has 0 unspecified atom stereocenters. The zero-order valence-corrected chi connectivity index (χ0v) is 19.8. The van der Waals surface area contributed by atoms with E-state index in [0.717, 1.165) is 47.3 Å². The fourth-order valence-electron chi connectivity index (χ4n) is 4.09. The van der Waals surface area contributed by atoms with Gasteiger partial charge in [-0.1, -0.05) is 47.1 Å². The number of aromatic nitrogens is 1. The Morgan fingerprint density at radius 2 is 1.82 bits per heavy atom. The van der Waals surface area contributed by atoms with E-state index in [1.54, 1.807) is 30.3 Å². The lowest BCUT2D eigenvalue weighted by Crippen LogP contribution is -2.27. The monoisotopic (exact) mass is 491 g/mol. The first-order chi connectivity index (χ1) is 16.6. The van der Waals surface area contributed by atoms with Crippen LogP contribution >= 0.6 is 22.9 Å². The number of rotatable bonds is 7. The molecular formula is C26H22ClN3O3S. The van der Waals surface area contributed by atoms with Gasteiger partial charge in [0.2, 0.25) is 0 Å². The SMILES string of the molecule is O=C(Nc1sc2c(c1C(=O)NCCc1ccccc1)CCC2)c1cc(-c2ccc(Cl)cc2)on1. The number of hydrogen-bond acceptors (Lipinski definition) is 5. The highest BCUT2D eigenvalue weighted by molar-refractivity contribution is 7.17. The van der Waals surface area contributed by atoms with E-state index >= 15 is 0 Å². The smallest absolute Gasteiger partial charge is 0.278 e. The summed E-state index contributed by atoms with van der Waals surface area (Å²) in [6.45, 7) is 0.522. The van der Waals surface area contributed by atoms with E-state index < -0.39 is 5.91 Å². The number of carbonyl (C=O) groups is 2. The summed E-state index contributed by atoms with van der Waals surface area (Å²) >= 11 is 7.41. The lowest BCUT2D eigenvalue weighted by atomic mass is 10.1. The molecule has 0 aliphatic heterocycles. The quantitative estimate of drug-likeness (QED) is 0.343. The lowest BCUT2D eigenvalue weighted by molar-refractivity contribution is 0.0954. The van der Waals surface area contributed by atoms with Crippen LogP contribution in [0, 0.1) is 0 Å². The van der Waals surface area contributed by atoms with Crippen molar-refractivity contribution in [3.63, 3.8) is 0 Å². The number of thiophene rings is 1. The van der Waals surface area contributed by atoms with Crippen LogP contribution < -0.4 is 10.6 Å². The number of benzene rings is 2. The molecule has 0 saturated carbocycles. The van der Waals surface area contributed by atoms with Crippen molar-refractivity contribution in [2.75, 3.05) is 11.9 Å². The predicted octanol–water partition coefficient (Wildman–Crippen LogP) is 5.77. The van der Waals surface area contributed by atoms with Crippen LogP contribution in [0.2, 0.25) is 5.02 Å². The first kappa shape index (κ1) is 22.4. The normalized spacial score (nSPS) is 12.4. The van der Waals surface area contributed by atoms with E-state index in [2.05, 4.69) is 15.8 Å².